The highest BCUT2D eigenvalue weighted by Crippen LogP contribution is 2.48. The zero-order chi connectivity index (χ0) is 58.0. The zero-order valence-corrected chi connectivity index (χ0v) is 45.6. The van der Waals surface area contributed by atoms with Crippen LogP contribution in [-0.2, 0) is 59.2 Å². The van der Waals surface area contributed by atoms with E-state index in [1.165, 1.54) is 23.1 Å². The molecule has 3 aromatic heterocycles. The van der Waals surface area contributed by atoms with Crippen LogP contribution in [0.3, 0.4) is 0 Å². The number of phenolic OH excluding ortho intramolecular Hbond substituents is 1. The van der Waals surface area contributed by atoms with E-state index in [4.69, 9.17) is 19.6 Å². The lowest BCUT2D eigenvalue weighted by Gasteiger charge is -2.13. The van der Waals surface area contributed by atoms with Crippen molar-refractivity contribution in [3.63, 3.8) is 0 Å². The van der Waals surface area contributed by atoms with E-state index in [1.54, 1.807) is 24.3 Å². The number of aromatic hydroxyl groups is 2. The number of amides is 2. The van der Waals surface area contributed by atoms with Gasteiger partial charge in [0, 0.05) is 41.0 Å². The molecule has 0 atom stereocenters. The number of pyridine rings is 1. The van der Waals surface area contributed by atoms with Gasteiger partial charge in [0.2, 0.25) is 5.88 Å². The number of benzene rings is 4. The maximum absolute atomic E-state index is 12.9. The minimum atomic E-state index is -5.32. The molecule has 10 N–H and O–H groups in total. The third kappa shape index (κ3) is 16.4. The number of aromatic nitrogens is 4. The summed E-state index contributed by atoms with van der Waals surface area (Å²) in [6.07, 6.45) is 0.715. The Kier molecular flexibility index (Phi) is 20.3. The SMILES string of the molecule is CS(=O)(=O)O.Cc1c(N=Nc2cc3c(O)c(N=Nc4cc(NC(=O)NCCS(=O)(=O)O)c(N=Nc5nnc(SCCSOOO)s5)cc4S(=O)(=O)O)c(SOOO)cc3cc2S(=O)(=O)O)c(O)n2c(nc3ccccc32)c1C#N. The van der Waals surface area contributed by atoms with E-state index >= 15 is 0 Å². The summed E-state index contributed by atoms with van der Waals surface area (Å²) in [6, 6.07) is 11.7. The van der Waals surface area contributed by atoms with Crippen molar-refractivity contribution >= 4 is 160 Å². The Morgan fingerprint density at radius 3 is 2.09 bits per heavy atom. The molecule has 0 saturated carbocycles. The molecule has 0 spiro atoms. The van der Waals surface area contributed by atoms with E-state index in [0.29, 0.717) is 39.2 Å². The molecule has 0 radical (unpaired) electrons. The van der Waals surface area contributed by atoms with Crippen LogP contribution in [-0.4, -0.2) is 128 Å². The van der Waals surface area contributed by atoms with E-state index in [-0.39, 0.29) is 55.3 Å². The summed E-state index contributed by atoms with van der Waals surface area (Å²) in [6.45, 7) is 0.788. The Bertz CT molecular complexity index is 4090. The first-order valence-corrected chi connectivity index (χ1v) is 30.3. The third-order valence-corrected chi connectivity index (χ3v) is 15.3. The fourth-order valence-electron chi connectivity index (χ4n) is 6.39. The highest BCUT2D eigenvalue weighted by molar-refractivity contribution is 8.02. The highest BCUT2D eigenvalue weighted by atomic mass is 32.2. The number of rotatable bonds is 21. The normalized spacial score (nSPS) is 12.5. The molecule has 7 rings (SSSR count). The van der Waals surface area contributed by atoms with Gasteiger partial charge in [-0.25, -0.2) is 20.3 Å². The molecule has 34 nitrogen and oxygen atoms in total. The van der Waals surface area contributed by atoms with Gasteiger partial charge in [-0.1, -0.05) is 45.3 Å². The van der Waals surface area contributed by atoms with Gasteiger partial charge in [-0.15, -0.1) is 49.6 Å². The van der Waals surface area contributed by atoms with Gasteiger partial charge in [0.25, 0.3) is 45.6 Å². The number of hydrogen-bond acceptors (Lipinski definition) is 31. The van der Waals surface area contributed by atoms with Crippen molar-refractivity contribution in [1.82, 2.24) is 24.9 Å². The molecule has 79 heavy (non-hydrogen) atoms. The molecule has 42 heteroatoms. The summed E-state index contributed by atoms with van der Waals surface area (Å²) in [5.74, 6) is -1.64. The summed E-state index contributed by atoms with van der Waals surface area (Å²) in [5, 5.41) is 93.0. The summed E-state index contributed by atoms with van der Waals surface area (Å²) in [7, 11) is -18.7. The van der Waals surface area contributed by atoms with E-state index in [9.17, 15) is 63.0 Å². The fraction of sp³-hybridized carbons (Fsp3) is 0.162. The lowest BCUT2D eigenvalue weighted by molar-refractivity contribution is -0.432. The van der Waals surface area contributed by atoms with Gasteiger partial charge in [0.15, 0.2) is 21.4 Å². The molecule has 3 heterocycles. The van der Waals surface area contributed by atoms with Crippen molar-refractivity contribution in [3.05, 3.63) is 65.7 Å². The Morgan fingerprint density at radius 2 is 1.44 bits per heavy atom. The topological polar surface area (TPSA) is 517 Å². The average Bonchev–Trinajstić information content (AvgIpc) is 4.18. The minimum absolute atomic E-state index is 0.0290. The van der Waals surface area contributed by atoms with Crippen LogP contribution in [0, 0.1) is 18.3 Å². The molecule has 0 aliphatic carbocycles. The number of carbonyl (C=O) groups is 1. The Morgan fingerprint density at radius 1 is 0.810 bits per heavy atom. The van der Waals surface area contributed by atoms with Gasteiger partial charge in [-0.05, 0) is 54.8 Å². The van der Waals surface area contributed by atoms with E-state index in [0.717, 1.165) is 47.6 Å². The van der Waals surface area contributed by atoms with E-state index in [1.807, 2.05) is 6.07 Å². The van der Waals surface area contributed by atoms with Crippen molar-refractivity contribution in [3.8, 4) is 17.7 Å². The number of nitrogens with one attached hydrogen (secondary N) is 2. The second kappa shape index (κ2) is 26.0. The van der Waals surface area contributed by atoms with Gasteiger partial charge in [-0.2, -0.15) is 38.9 Å². The van der Waals surface area contributed by atoms with Crippen molar-refractivity contribution in [2.75, 3.05) is 35.4 Å². The molecule has 0 saturated heterocycles. The first-order chi connectivity index (χ1) is 37.1. The summed E-state index contributed by atoms with van der Waals surface area (Å²) in [5.41, 5.74) is -2.47. The monoisotopic (exact) mass is 1250 g/mol. The van der Waals surface area contributed by atoms with Crippen molar-refractivity contribution < 1.29 is 96.1 Å². The number of azo groups is 3. The summed E-state index contributed by atoms with van der Waals surface area (Å²) < 4.78 is 140. The molecule has 420 valence electrons. The number of nitrogens with zero attached hydrogens (tertiary/aromatic N) is 11. The second-order valence-corrected chi connectivity index (χ2v) is 24.5. The predicted octanol–water partition coefficient (Wildman–Crippen LogP) is 7.93. The molecular formula is C37H33N13O21S8. The van der Waals surface area contributed by atoms with Crippen LogP contribution in [0.5, 0.6) is 11.6 Å². The van der Waals surface area contributed by atoms with Gasteiger partial charge in [-0.3, -0.25) is 22.6 Å². The average molecular weight is 1250 g/mol. The van der Waals surface area contributed by atoms with Crippen LogP contribution in [0.25, 0.3) is 27.5 Å². The van der Waals surface area contributed by atoms with E-state index < -0.39 is 109 Å². The largest absolute Gasteiger partial charge is 0.505 e. The molecular weight excluding hydrogens is 1220 g/mol. The number of hydrogen-bond donors (Lipinski definition) is 10. The maximum Gasteiger partial charge on any atom is 0.319 e. The number of urea groups is 1. The number of fused-ring (bicyclic) bond motifs is 4. The van der Waals surface area contributed by atoms with Crippen LogP contribution in [0.4, 0.5) is 44.1 Å². The van der Waals surface area contributed by atoms with Gasteiger partial charge < -0.3 is 20.8 Å². The van der Waals surface area contributed by atoms with Crippen molar-refractivity contribution in [1.29, 1.82) is 5.26 Å². The van der Waals surface area contributed by atoms with Crippen molar-refractivity contribution in [2.24, 2.45) is 30.7 Å². The molecule has 0 bridgehead atoms. The minimum Gasteiger partial charge on any atom is -0.505 e. The molecule has 0 fully saturated rings. The Balaban J connectivity index is 0.00000193. The molecule has 0 aliphatic rings. The van der Waals surface area contributed by atoms with E-state index in [2.05, 4.69) is 75.2 Å². The number of thioether (sulfide) groups is 1. The Hall–Kier alpha value is -6.74. The van der Waals surface area contributed by atoms with Crippen LogP contribution < -0.4 is 10.6 Å². The molecule has 0 aliphatic heterocycles. The third-order valence-electron chi connectivity index (χ3n) is 9.49. The quantitative estimate of drug-likeness (QED) is 0.00620. The molecule has 0 unspecified atom stereocenters. The van der Waals surface area contributed by atoms with Gasteiger partial charge in [0.05, 0.1) is 45.7 Å². The van der Waals surface area contributed by atoms with Gasteiger partial charge in [0.1, 0.15) is 44.2 Å². The highest BCUT2D eigenvalue weighted by Gasteiger charge is 2.26. The first-order valence-electron chi connectivity index (χ1n) is 20.5. The number of anilines is 1. The molecule has 2 amide bonds. The fourth-order valence-corrected chi connectivity index (χ4v) is 10.6. The summed E-state index contributed by atoms with van der Waals surface area (Å²) >= 11 is 3.03. The van der Waals surface area contributed by atoms with Crippen LogP contribution >= 0.6 is 47.2 Å². The van der Waals surface area contributed by atoms with Crippen LogP contribution in [0.2, 0.25) is 0 Å². The molecule has 7 aromatic rings. The first kappa shape index (κ1) is 61.5. The lowest BCUT2D eigenvalue weighted by atomic mass is 10.1. The predicted molar refractivity (Wildman–Crippen MR) is 277 cm³/mol. The Labute approximate surface area is 459 Å². The zero-order valence-electron chi connectivity index (χ0n) is 39.1. The number of carbonyl (C=O) groups excluding carboxylic acids is 1. The molecule has 4 aromatic carbocycles. The number of phenols is 1. The smallest absolute Gasteiger partial charge is 0.319 e. The van der Waals surface area contributed by atoms with Crippen molar-refractivity contribution in [2.45, 2.75) is 25.9 Å². The lowest BCUT2D eigenvalue weighted by Crippen LogP contribution is -2.32. The van der Waals surface area contributed by atoms with Crippen LogP contribution in [0.15, 0.2) is 104 Å². The number of nitriles is 1. The standard InChI is InChI=1S/C36H29N13O18S7.CH4O3S/c1-16-19(15-37)32-39-20-4-2-3-5-25(20)49(32)33(51)29(16)44-42-23-12-18-17(11-27(23)73(58,59)60)10-26(71-67-65-54)30(31(18)50)45-43-24-13-21(40-34(52)38-6-9-72(55,56)57)22(14-28(24)74(61,62)63)41-46-35-47-48-36(70-35)68-7-8-69-66-64-53;1-5(2,3)4/h2-5,10-14,50-51,53-54H,6-9H2,1H3,(H2,38,40,52)(H,55,56,57)(H,58,59,60)(H,61,62,63);1H3,(H,2,3,4). The van der Waals surface area contributed by atoms with Gasteiger partial charge >= 0.3 is 6.03 Å². The number of para-hydroxylation sites is 2. The van der Waals surface area contributed by atoms with Crippen LogP contribution in [0.1, 0.15) is 11.1 Å². The maximum atomic E-state index is 12.9. The summed E-state index contributed by atoms with van der Waals surface area (Å²) in [4.78, 5) is 15.1. The second-order valence-electron chi connectivity index (χ2n) is 14.8. The number of imidazole rings is 1.